The van der Waals surface area contributed by atoms with Crippen molar-refractivity contribution in [3.63, 3.8) is 0 Å². The molecule has 3 aromatic carbocycles. The Labute approximate surface area is 311 Å². The van der Waals surface area contributed by atoms with Crippen LogP contribution in [0.5, 0.6) is 11.5 Å². The highest BCUT2D eigenvalue weighted by molar-refractivity contribution is 5.92. The number of alkyl halides is 3. The fourth-order valence-corrected chi connectivity index (χ4v) is 6.35. The Kier molecular flexibility index (Phi) is 16.7. The third-order valence-electron chi connectivity index (χ3n) is 9.49. The fourth-order valence-electron chi connectivity index (χ4n) is 6.35. The van der Waals surface area contributed by atoms with Gasteiger partial charge in [0.2, 0.25) is 0 Å². The highest BCUT2D eigenvalue weighted by atomic mass is 19.4. The molecule has 0 amide bonds. The third kappa shape index (κ3) is 13.9. The van der Waals surface area contributed by atoms with Crippen LogP contribution >= 0.6 is 0 Å². The van der Waals surface area contributed by atoms with Crippen LogP contribution in [0.1, 0.15) is 146 Å². The number of unbranched alkanes of at least 4 members (excludes halogenated alkanes) is 10. The SMILES string of the molecule is CCCCCCCCCCOc1ccc(C(=O)Oc2ccc(C(=O)OC3CCc4cc(C(=O)O[C@H](CCCCCC)C(F)(F)F)ccc4C3)cc2)cc1. The van der Waals surface area contributed by atoms with Gasteiger partial charge in [0.25, 0.3) is 0 Å². The molecule has 0 saturated heterocycles. The number of carbonyl (C=O) groups is 3. The molecule has 1 unspecified atom stereocenters. The molecule has 0 radical (unpaired) electrons. The molecule has 0 heterocycles. The Morgan fingerprint density at radius 2 is 1.23 bits per heavy atom. The highest BCUT2D eigenvalue weighted by Crippen LogP contribution is 2.30. The lowest BCUT2D eigenvalue weighted by Gasteiger charge is -2.25. The van der Waals surface area contributed by atoms with Crippen LogP contribution in [-0.4, -0.2) is 42.9 Å². The smallest absolute Gasteiger partial charge is 0.425 e. The normalized spacial score (nSPS) is 14.5. The third-order valence-corrected chi connectivity index (χ3v) is 9.49. The number of halogens is 3. The predicted molar refractivity (Wildman–Crippen MR) is 198 cm³/mol. The second kappa shape index (κ2) is 21.4. The molecule has 53 heavy (non-hydrogen) atoms. The summed E-state index contributed by atoms with van der Waals surface area (Å²) in [5, 5.41) is 0. The van der Waals surface area contributed by atoms with Crippen LogP contribution < -0.4 is 9.47 Å². The topological polar surface area (TPSA) is 88.1 Å². The van der Waals surface area contributed by atoms with E-state index in [1.165, 1.54) is 68.9 Å². The van der Waals surface area contributed by atoms with Crippen LogP contribution in [0.4, 0.5) is 13.2 Å². The van der Waals surface area contributed by atoms with E-state index >= 15 is 0 Å². The molecular weight excluding hydrogens is 685 g/mol. The standard InChI is InChI=1S/C43H53F3O7/c1-3-5-7-9-10-11-12-14-28-50-36-23-18-31(19-24-36)40(47)51-37-25-20-32(21-26-37)41(48)52-38-27-22-33-29-35(17-16-34(33)30-38)42(49)53-39(43(44,45)46)15-13-8-6-4-2/h16-21,23-26,29,38-39H,3-15,22,27-28,30H2,1-2H3/t38?,39-/m1/s1. The van der Waals surface area contributed by atoms with Crippen molar-refractivity contribution < 1.29 is 46.5 Å². The summed E-state index contributed by atoms with van der Waals surface area (Å²) < 4.78 is 62.6. The van der Waals surface area contributed by atoms with Gasteiger partial charge in [0.1, 0.15) is 17.6 Å². The number of rotatable bonds is 21. The number of benzene rings is 3. The Morgan fingerprint density at radius 1 is 0.660 bits per heavy atom. The maximum absolute atomic E-state index is 13.5. The molecule has 0 aliphatic heterocycles. The maximum atomic E-state index is 13.5. The van der Waals surface area contributed by atoms with Gasteiger partial charge < -0.3 is 18.9 Å². The molecule has 288 valence electrons. The van der Waals surface area contributed by atoms with Gasteiger partial charge in [0, 0.05) is 6.42 Å². The van der Waals surface area contributed by atoms with Crippen LogP contribution in [0.15, 0.2) is 66.7 Å². The molecule has 0 saturated carbocycles. The summed E-state index contributed by atoms with van der Waals surface area (Å²) in [7, 11) is 0. The molecule has 1 aliphatic rings. The Morgan fingerprint density at radius 3 is 1.87 bits per heavy atom. The van der Waals surface area contributed by atoms with Crippen LogP contribution in [-0.2, 0) is 22.3 Å². The van der Waals surface area contributed by atoms with Gasteiger partial charge in [-0.15, -0.1) is 0 Å². The molecule has 0 spiro atoms. The lowest BCUT2D eigenvalue weighted by atomic mass is 9.88. The van der Waals surface area contributed by atoms with Gasteiger partial charge in [-0.05, 0) is 104 Å². The first-order valence-electron chi connectivity index (χ1n) is 19.2. The average Bonchev–Trinajstić information content (AvgIpc) is 3.15. The van der Waals surface area contributed by atoms with Crippen LogP contribution in [0, 0.1) is 0 Å². The molecule has 1 aliphatic carbocycles. The molecule has 2 atom stereocenters. The summed E-state index contributed by atoms with van der Waals surface area (Å²) in [6, 6.07) is 17.6. The molecule has 0 aromatic heterocycles. The van der Waals surface area contributed by atoms with Crippen molar-refractivity contribution >= 4 is 17.9 Å². The van der Waals surface area contributed by atoms with Gasteiger partial charge in [-0.3, -0.25) is 0 Å². The number of hydrogen-bond donors (Lipinski definition) is 0. The summed E-state index contributed by atoms with van der Waals surface area (Å²) >= 11 is 0. The zero-order valence-corrected chi connectivity index (χ0v) is 31.0. The summed E-state index contributed by atoms with van der Waals surface area (Å²) in [5.74, 6) is -1.09. The van der Waals surface area contributed by atoms with Gasteiger partial charge in [0.05, 0.1) is 23.3 Å². The molecular formula is C43H53F3O7. The van der Waals surface area contributed by atoms with E-state index in [2.05, 4.69) is 6.92 Å². The Balaban J connectivity index is 1.20. The second-order valence-electron chi connectivity index (χ2n) is 13.8. The number of aryl methyl sites for hydroxylation is 1. The second-order valence-corrected chi connectivity index (χ2v) is 13.8. The van der Waals surface area contributed by atoms with E-state index in [9.17, 15) is 27.6 Å². The molecule has 4 rings (SSSR count). The van der Waals surface area contributed by atoms with Gasteiger partial charge in [-0.2, -0.15) is 13.2 Å². The van der Waals surface area contributed by atoms with Gasteiger partial charge in [-0.25, -0.2) is 14.4 Å². The van der Waals surface area contributed by atoms with Crippen molar-refractivity contribution in [2.45, 2.75) is 135 Å². The summed E-state index contributed by atoms with van der Waals surface area (Å²) in [4.78, 5) is 38.3. The van der Waals surface area contributed by atoms with Crippen molar-refractivity contribution in [2.75, 3.05) is 6.61 Å². The van der Waals surface area contributed by atoms with E-state index in [-0.39, 0.29) is 17.7 Å². The molecule has 0 bridgehead atoms. The monoisotopic (exact) mass is 738 g/mol. The first kappa shape index (κ1) is 41.4. The van der Waals surface area contributed by atoms with Crippen molar-refractivity contribution in [3.8, 4) is 11.5 Å². The Bertz CT molecular complexity index is 1580. The molecule has 0 fully saturated rings. The Hall–Kier alpha value is -4.34. The first-order valence-corrected chi connectivity index (χ1v) is 19.2. The minimum Gasteiger partial charge on any atom is -0.494 e. The van der Waals surface area contributed by atoms with Crippen LogP contribution in [0.3, 0.4) is 0 Å². The molecule has 0 N–H and O–H groups in total. The summed E-state index contributed by atoms with van der Waals surface area (Å²) in [6.07, 6.45) is 6.44. The zero-order valence-electron chi connectivity index (χ0n) is 31.0. The van der Waals surface area contributed by atoms with Crippen molar-refractivity contribution in [2.24, 2.45) is 0 Å². The largest absolute Gasteiger partial charge is 0.494 e. The summed E-state index contributed by atoms with van der Waals surface area (Å²) in [5.41, 5.74) is 2.39. The summed E-state index contributed by atoms with van der Waals surface area (Å²) in [6.45, 7) is 4.83. The minimum atomic E-state index is -4.63. The van der Waals surface area contributed by atoms with Gasteiger partial charge in [0.15, 0.2) is 6.10 Å². The molecule has 3 aromatic rings. The highest BCUT2D eigenvalue weighted by Gasteiger charge is 2.42. The van der Waals surface area contributed by atoms with E-state index in [1.807, 2.05) is 6.92 Å². The average molecular weight is 739 g/mol. The van der Waals surface area contributed by atoms with Crippen molar-refractivity contribution in [1.29, 1.82) is 0 Å². The number of hydrogen-bond acceptors (Lipinski definition) is 7. The number of esters is 3. The van der Waals surface area contributed by atoms with Crippen molar-refractivity contribution in [1.82, 2.24) is 0 Å². The molecule has 10 heteroatoms. The lowest BCUT2D eigenvalue weighted by Crippen LogP contribution is -2.34. The number of ether oxygens (including phenoxy) is 4. The van der Waals surface area contributed by atoms with E-state index in [0.29, 0.717) is 55.6 Å². The molecule has 7 nitrogen and oxygen atoms in total. The first-order chi connectivity index (χ1) is 25.6. The zero-order chi connectivity index (χ0) is 38.1. The van der Waals surface area contributed by atoms with E-state index in [4.69, 9.17) is 18.9 Å². The predicted octanol–water partition coefficient (Wildman–Crippen LogP) is 11.2. The van der Waals surface area contributed by atoms with Crippen LogP contribution in [0.25, 0.3) is 0 Å². The van der Waals surface area contributed by atoms with E-state index < -0.39 is 36.3 Å². The van der Waals surface area contributed by atoms with Gasteiger partial charge in [-0.1, -0.05) is 84.1 Å². The van der Waals surface area contributed by atoms with Crippen LogP contribution in [0.2, 0.25) is 0 Å². The van der Waals surface area contributed by atoms with E-state index in [1.54, 1.807) is 36.4 Å². The van der Waals surface area contributed by atoms with Crippen molar-refractivity contribution in [3.05, 3.63) is 94.5 Å². The number of fused-ring (bicyclic) bond motifs is 1. The number of carbonyl (C=O) groups excluding carboxylic acids is 3. The minimum absolute atomic E-state index is 0.0677. The van der Waals surface area contributed by atoms with Gasteiger partial charge >= 0.3 is 24.1 Å². The maximum Gasteiger partial charge on any atom is 0.425 e. The fraction of sp³-hybridized carbons (Fsp3) is 0.512. The lowest BCUT2D eigenvalue weighted by molar-refractivity contribution is -0.206. The van der Waals surface area contributed by atoms with E-state index in [0.717, 1.165) is 36.8 Å². The quantitative estimate of drug-likeness (QED) is 0.0611.